The van der Waals surface area contributed by atoms with Gasteiger partial charge in [-0.2, -0.15) is 0 Å². The third-order valence-corrected chi connectivity index (χ3v) is 6.51. The maximum Gasteiger partial charge on any atom is 0.408 e. The second-order valence-electron chi connectivity index (χ2n) is 10.5. The molecule has 0 spiro atoms. The van der Waals surface area contributed by atoms with Crippen LogP contribution in [0.3, 0.4) is 0 Å². The van der Waals surface area contributed by atoms with E-state index in [0.717, 1.165) is 24.0 Å². The Hall–Kier alpha value is -4.01. The van der Waals surface area contributed by atoms with Crippen LogP contribution >= 0.6 is 0 Å². The number of alkyl carbamates (subject to hydrolysis) is 1. The molecule has 0 aromatic heterocycles. The Morgan fingerprint density at radius 2 is 1.78 bits per heavy atom. The van der Waals surface area contributed by atoms with Gasteiger partial charge in [0, 0.05) is 35.0 Å². The zero-order valence-corrected chi connectivity index (χ0v) is 21.8. The quantitative estimate of drug-likeness (QED) is 0.360. The van der Waals surface area contributed by atoms with Crippen molar-refractivity contribution in [2.45, 2.75) is 65.0 Å². The van der Waals surface area contributed by atoms with Gasteiger partial charge in [-0.3, -0.25) is 9.59 Å². The van der Waals surface area contributed by atoms with Crippen molar-refractivity contribution >= 4 is 40.9 Å². The molecular formula is C28H33N3O6. The number of phenolic OH excluding ortho intramolecular Hbond substituents is 2. The first-order valence-corrected chi connectivity index (χ1v) is 12.4. The Bertz CT molecular complexity index is 1310. The SMILES string of the molecule is CC(NC(=O)OC(C)(C)C)C(=O)Nc1ccc2c(c1)/C(=C/c1cc(O)c3c(c1O)CCCC3)C(=O)N2C. The van der Waals surface area contributed by atoms with Crippen molar-refractivity contribution in [1.82, 2.24) is 5.32 Å². The summed E-state index contributed by atoms with van der Waals surface area (Å²) < 4.78 is 5.20. The predicted molar refractivity (Wildman–Crippen MR) is 142 cm³/mol. The minimum absolute atomic E-state index is 0.0791. The molecule has 196 valence electrons. The molecule has 2 aromatic carbocycles. The van der Waals surface area contributed by atoms with Crippen LogP contribution in [0.25, 0.3) is 11.6 Å². The van der Waals surface area contributed by atoms with Gasteiger partial charge in [-0.15, -0.1) is 0 Å². The van der Waals surface area contributed by atoms with Gasteiger partial charge in [0.1, 0.15) is 23.1 Å². The molecule has 1 atom stereocenters. The molecule has 4 N–H and O–H groups in total. The lowest BCUT2D eigenvalue weighted by molar-refractivity contribution is -0.117. The van der Waals surface area contributed by atoms with E-state index in [1.807, 2.05) is 0 Å². The van der Waals surface area contributed by atoms with Gasteiger partial charge in [-0.05, 0) is 83.7 Å². The molecule has 0 bridgehead atoms. The van der Waals surface area contributed by atoms with Crippen molar-refractivity contribution in [2.75, 3.05) is 17.3 Å². The van der Waals surface area contributed by atoms with E-state index in [1.165, 1.54) is 11.0 Å². The van der Waals surface area contributed by atoms with Crippen molar-refractivity contribution in [3.05, 3.63) is 46.5 Å². The van der Waals surface area contributed by atoms with Crippen LogP contribution in [0.2, 0.25) is 0 Å². The van der Waals surface area contributed by atoms with Crippen LogP contribution in [-0.4, -0.2) is 46.8 Å². The highest BCUT2D eigenvalue weighted by Gasteiger charge is 2.31. The molecule has 9 heteroatoms. The van der Waals surface area contributed by atoms with Crippen LogP contribution in [0.1, 0.15) is 62.8 Å². The summed E-state index contributed by atoms with van der Waals surface area (Å²) in [4.78, 5) is 39.3. The molecule has 9 nitrogen and oxygen atoms in total. The van der Waals surface area contributed by atoms with Crippen LogP contribution < -0.4 is 15.5 Å². The average Bonchev–Trinajstić information content (AvgIpc) is 3.05. The molecule has 0 radical (unpaired) electrons. The van der Waals surface area contributed by atoms with Gasteiger partial charge in [-0.1, -0.05) is 0 Å². The van der Waals surface area contributed by atoms with Crippen LogP contribution in [0, 0.1) is 0 Å². The highest BCUT2D eigenvalue weighted by atomic mass is 16.6. The summed E-state index contributed by atoms with van der Waals surface area (Å²) in [5.41, 5.74) is 3.17. The Balaban J connectivity index is 1.60. The number of benzene rings is 2. The topological polar surface area (TPSA) is 128 Å². The van der Waals surface area contributed by atoms with Gasteiger partial charge >= 0.3 is 6.09 Å². The van der Waals surface area contributed by atoms with Crippen LogP contribution in [-0.2, 0) is 27.2 Å². The number of ether oxygens (including phenoxy) is 1. The zero-order chi connectivity index (χ0) is 27.1. The standard InChI is InChI=1S/C28H33N3O6/c1-15(29-27(36)37-28(2,3)4)25(34)30-17-10-11-22-20(14-17)21(26(35)31(22)5)12-16-13-23(32)18-8-6-7-9-19(18)24(16)33/h10-15,32-33H,6-9H2,1-5H3,(H,29,36)(H,30,34)/b21-12-. The number of amides is 3. The molecule has 2 aliphatic rings. The van der Waals surface area contributed by atoms with E-state index >= 15 is 0 Å². The maximum absolute atomic E-state index is 13.1. The number of fused-ring (bicyclic) bond motifs is 2. The van der Waals surface area contributed by atoms with Crippen molar-refractivity contribution < 1.29 is 29.3 Å². The Kier molecular flexibility index (Phi) is 6.90. The van der Waals surface area contributed by atoms with E-state index in [0.29, 0.717) is 40.9 Å². The number of phenols is 2. The van der Waals surface area contributed by atoms with Crippen LogP contribution in [0.5, 0.6) is 11.5 Å². The third kappa shape index (κ3) is 5.40. The summed E-state index contributed by atoms with van der Waals surface area (Å²) in [5, 5.41) is 26.7. The summed E-state index contributed by atoms with van der Waals surface area (Å²) in [5.74, 6) is -0.525. The Morgan fingerprint density at radius 1 is 1.11 bits per heavy atom. The average molecular weight is 508 g/mol. The minimum Gasteiger partial charge on any atom is -0.508 e. The number of likely N-dealkylation sites (N-methyl/N-ethyl adjacent to an activating group) is 1. The highest BCUT2D eigenvalue weighted by molar-refractivity contribution is 6.36. The van der Waals surface area contributed by atoms with Gasteiger partial charge in [-0.25, -0.2) is 4.79 Å². The molecule has 4 rings (SSSR count). The van der Waals surface area contributed by atoms with Gasteiger partial charge in [0.05, 0.1) is 11.3 Å². The monoisotopic (exact) mass is 507 g/mol. The van der Waals surface area contributed by atoms with E-state index in [9.17, 15) is 24.6 Å². The first-order valence-electron chi connectivity index (χ1n) is 12.4. The maximum atomic E-state index is 13.1. The van der Waals surface area contributed by atoms with Crippen molar-refractivity contribution in [1.29, 1.82) is 0 Å². The number of nitrogens with one attached hydrogen (secondary N) is 2. The smallest absolute Gasteiger partial charge is 0.408 e. The summed E-state index contributed by atoms with van der Waals surface area (Å²) in [6.45, 7) is 6.74. The number of hydrogen-bond acceptors (Lipinski definition) is 6. The molecule has 0 saturated heterocycles. The summed E-state index contributed by atoms with van der Waals surface area (Å²) in [6.07, 6.45) is 4.14. The van der Waals surface area contributed by atoms with Gasteiger partial charge in [0.15, 0.2) is 0 Å². The molecular weight excluding hydrogens is 474 g/mol. The van der Waals surface area contributed by atoms with E-state index in [-0.39, 0.29) is 17.4 Å². The lowest BCUT2D eigenvalue weighted by Gasteiger charge is -2.21. The molecule has 37 heavy (non-hydrogen) atoms. The predicted octanol–water partition coefficient (Wildman–Crippen LogP) is 4.35. The molecule has 2 aromatic rings. The number of hydrogen-bond donors (Lipinski definition) is 4. The second kappa shape index (κ2) is 9.80. The van der Waals surface area contributed by atoms with Crippen molar-refractivity contribution in [2.24, 2.45) is 0 Å². The minimum atomic E-state index is -0.863. The number of anilines is 2. The number of carbonyl (C=O) groups is 3. The number of aromatic hydroxyl groups is 2. The zero-order valence-electron chi connectivity index (χ0n) is 21.8. The lowest BCUT2D eigenvalue weighted by atomic mass is 9.88. The fourth-order valence-electron chi connectivity index (χ4n) is 4.66. The van der Waals surface area contributed by atoms with Gasteiger partial charge < -0.3 is 30.5 Å². The van der Waals surface area contributed by atoms with E-state index in [4.69, 9.17) is 4.74 Å². The molecule has 0 saturated carbocycles. The normalized spacial score (nSPS) is 16.7. The van der Waals surface area contributed by atoms with Gasteiger partial charge in [0.25, 0.3) is 5.91 Å². The number of nitrogens with zero attached hydrogens (tertiary/aromatic N) is 1. The molecule has 1 unspecified atom stereocenters. The Labute approximate surface area is 216 Å². The third-order valence-electron chi connectivity index (χ3n) is 6.51. The molecule has 1 heterocycles. The second-order valence-corrected chi connectivity index (χ2v) is 10.5. The van der Waals surface area contributed by atoms with Gasteiger partial charge in [0.2, 0.25) is 5.91 Å². The fraction of sp³-hybridized carbons (Fsp3) is 0.393. The molecule has 1 aliphatic carbocycles. The Morgan fingerprint density at radius 3 is 2.46 bits per heavy atom. The van der Waals surface area contributed by atoms with E-state index in [1.54, 1.807) is 59.0 Å². The number of rotatable bonds is 4. The number of carbonyl (C=O) groups excluding carboxylic acids is 3. The van der Waals surface area contributed by atoms with Crippen LogP contribution in [0.4, 0.5) is 16.2 Å². The molecule has 0 fully saturated rings. The summed E-state index contributed by atoms with van der Waals surface area (Å²) >= 11 is 0. The first kappa shape index (κ1) is 26.1. The first-order chi connectivity index (χ1) is 17.4. The van der Waals surface area contributed by atoms with Crippen molar-refractivity contribution in [3.63, 3.8) is 0 Å². The van der Waals surface area contributed by atoms with Crippen LogP contribution in [0.15, 0.2) is 24.3 Å². The van der Waals surface area contributed by atoms with E-state index in [2.05, 4.69) is 10.6 Å². The largest absolute Gasteiger partial charge is 0.508 e. The fourth-order valence-corrected chi connectivity index (χ4v) is 4.66. The van der Waals surface area contributed by atoms with E-state index < -0.39 is 23.6 Å². The summed E-state index contributed by atoms with van der Waals surface area (Å²) in [7, 11) is 1.65. The molecule has 3 amide bonds. The van der Waals surface area contributed by atoms with Crippen molar-refractivity contribution in [3.8, 4) is 11.5 Å². The lowest BCUT2D eigenvalue weighted by Crippen LogP contribution is -2.43. The highest BCUT2D eigenvalue weighted by Crippen LogP contribution is 2.42. The molecule has 1 aliphatic heterocycles. The summed E-state index contributed by atoms with van der Waals surface area (Å²) in [6, 6.07) is 5.70.